The Labute approximate surface area is 121 Å². The molecular formula is C17H32BN. The molecule has 0 radical (unpaired) electrons. The van der Waals surface area contributed by atoms with E-state index < -0.39 is 0 Å². The van der Waals surface area contributed by atoms with Crippen LogP contribution in [0.5, 0.6) is 0 Å². The summed E-state index contributed by atoms with van der Waals surface area (Å²) >= 11 is 0. The molecule has 108 valence electrons. The Hall–Kier alpha value is -0.655. The van der Waals surface area contributed by atoms with E-state index in [2.05, 4.69) is 74.1 Å². The summed E-state index contributed by atoms with van der Waals surface area (Å²) in [5.74, 6) is 0. The van der Waals surface area contributed by atoms with Crippen molar-refractivity contribution in [3.05, 3.63) is 22.4 Å². The van der Waals surface area contributed by atoms with Gasteiger partial charge in [0.25, 0.3) is 0 Å². The largest absolute Gasteiger partial charge is 0.371 e. The molecule has 0 amide bonds. The normalized spacial score (nSPS) is 21.5. The summed E-state index contributed by atoms with van der Waals surface area (Å²) < 4.78 is 0. The van der Waals surface area contributed by atoms with Gasteiger partial charge in [-0.1, -0.05) is 25.0 Å². The standard InChI is InChI=1S/C17H32BN/c1-11(2)14-15(12(3)4)19(13(5)6)17(9,10)18-16(14,7)8/h13,18H,1-10H3. The van der Waals surface area contributed by atoms with Crippen LogP contribution in [-0.2, 0) is 0 Å². The van der Waals surface area contributed by atoms with E-state index in [-0.39, 0.29) is 10.8 Å². The Morgan fingerprint density at radius 2 is 1.42 bits per heavy atom. The number of allylic oxidation sites excluding steroid dienone is 3. The molecule has 0 aliphatic carbocycles. The Kier molecular flexibility index (Phi) is 4.34. The van der Waals surface area contributed by atoms with Gasteiger partial charge < -0.3 is 4.90 Å². The van der Waals surface area contributed by atoms with E-state index in [0.29, 0.717) is 6.04 Å². The van der Waals surface area contributed by atoms with E-state index in [1.807, 2.05) is 0 Å². The minimum absolute atomic E-state index is 0.212. The van der Waals surface area contributed by atoms with Crippen LogP contribution in [0.4, 0.5) is 0 Å². The van der Waals surface area contributed by atoms with Gasteiger partial charge in [0.15, 0.2) is 7.28 Å². The van der Waals surface area contributed by atoms with Gasteiger partial charge in [-0.05, 0) is 66.3 Å². The number of rotatable bonds is 1. The van der Waals surface area contributed by atoms with Crippen LogP contribution in [0.2, 0.25) is 5.31 Å². The second-order valence-electron chi connectivity index (χ2n) is 8.06. The molecule has 1 fully saturated rings. The molecule has 1 aliphatic rings. The van der Waals surface area contributed by atoms with Crippen molar-refractivity contribution in [2.24, 2.45) is 0 Å². The zero-order valence-corrected chi connectivity index (χ0v) is 14.7. The lowest BCUT2D eigenvalue weighted by Crippen LogP contribution is -2.58. The molecule has 0 saturated carbocycles. The summed E-state index contributed by atoms with van der Waals surface area (Å²) in [5.41, 5.74) is 6.15. The fourth-order valence-corrected chi connectivity index (χ4v) is 4.36. The zero-order chi connectivity index (χ0) is 15.2. The highest BCUT2D eigenvalue weighted by molar-refractivity contribution is 6.46. The van der Waals surface area contributed by atoms with Gasteiger partial charge in [-0.25, -0.2) is 0 Å². The average Bonchev–Trinajstić information content (AvgIpc) is 2.10. The average molecular weight is 261 g/mol. The van der Waals surface area contributed by atoms with Crippen molar-refractivity contribution in [3.63, 3.8) is 0 Å². The zero-order valence-electron chi connectivity index (χ0n) is 14.7. The first-order valence-corrected chi connectivity index (χ1v) is 7.57. The maximum absolute atomic E-state index is 2.63. The van der Waals surface area contributed by atoms with E-state index in [9.17, 15) is 0 Å². The van der Waals surface area contributed by atoms with E-state index in [0.717, 1.165) is 0 Å². The molecule has 0 spiro atoms. The minimum atomic E-state index is 0.212. The van der Waals surface area contributed by atoms with Gasteiger partial charge in [-0.2, -0.15) is 0 Å². The van der Waals surface area contributed by atoms with Gasteiger partial charge in [0.2, 0.25) is 0 Å². The molecule has 1 nitrogen and oxygen atoms in total. The van der Waals surface area contributed by atoms with Crippen molar-refractivity contribution in [3.8, 4) is 0 Å². The molecule has 1 saturated heterocycles. The Bertz CT molecular complexity index is 417. The number of hydrogen-bond acceptors (Lipinski definition) is 1. The van der Waals surface area contributed by atoms with E-state index in [1.54, 1.807) is 5.57 Å². The van der Waals surface area contributed by atoms with Crippen LogP contribution in [0.15, 0.2) is 22.4 Å². The Balaban J connectivity index is 3.61. The maximum atomic E-state index is 2.63. The Morgan fingerprint density at radius 3 is 1.74 bits per heavy atom. The summed E-state index contributed by atoms with van der Waals surface area (Å²) in [6, 6.07) is 0.533. The predicted molar refractivity (Wildman–Crippen MR) is 89.0 cm³/mol. The third-order valence-corrected chi connectivity index (χ3v) is 4.17. The highest BCUT2D eigenvalue weighted by Gasteiger charge is 2.46. The SMILES string of the molecule is CC(C)=C1C(=C(C)C)C(C)(C)BC(C)(C)N1C(C)C. The van der Waals surface area contributed by atoms with Crippen molar-refractivity contribution in [2.45, 2.75) is 86.0 Å². The first kappa shape index (κ1) is 16.4. The van der Waals surface area contributed by atoms with Crippen LogP contribution in [0.3, 0.4) is 0 Å². The van der Waals surface area contributed by atoms with Crippen molar-refractivity contribution in [2.75, 3.05) is 0 Å². The van der Waals surface area contributed by atoms with E-state index >= 15 is 0 Å². The third kappa shape index (κ3) is 2.93. The molecule has 0 aromatic rings. The molecule has 0 unspecified atom stereocenters. The lowest BCUT2D eigenvalue weighted by atomic mass is 9.38. The minimum Gasteiger partial charge on any atom is -0.371 e. The van der Waals surface area contributed by atoms with Crippen LogP contribution in [0, 0.1) is 0 Å². The molecule has 0 aromatic heterocycles. The molecule has 1 rings (SSSR count). The highest BCUT2D eigenvalue weighted by Crippen LogP contribution is 2.51. The topological polar surface area (TPSA) is 3.24 Å². The van der Waals surface area contributed by atoms with Gasteiger partial charge in [-0.15, -0.1) is 0 Å². The van der Waals surface area contributed by atoms with Crippen molar-refractivity contribution in [1.82, 2.24) is 4.90 Å². The summed E-state index contributed by atoms with van der Waals surface area (Å²) in [6.45, 7) is 23.2. The van der Waals surface area contributed by atoms with Crippen molar-refractivity contribution >= 4 is 7.28 Å². The highest BCUT2D eigenvalue weighted by atomic mass is 15.2. The predicted octanol–water partition coefficient (Wildman–Crippen LogP) is 4.71. The molecule has 19 heavy (non-hydrogen) atoms. The van der Waals surface area contributed by atoms with Gasteiger partial charge in [0.1, 0.15) is 0 Å². The van der Waals surface area contributed by atoms with Gasteiger partial charge in [0.05, 0.1) is 0 Å². The van der Waals surface area contributed by atoms with Crippen molar-refractivity contribution in [1.29, 1.82) is 0 Å². The number of hydrogen-bond donors (Lipinski definition) is 0. The quantitative estimate of drug-likeness (QED) is 0.618. The second kappa shape index (κ2) is 5.03. The Morgan fingerprint density at radius 1 is 0.947 bits per heavy atom. The summed E-state index contributed by atoms with van der Waals surface area (Å²) in [6.07, 6.45) is 0. The number of nitrogens with zero attached hydrogens (tertiary/aromatic N) is 1. The second-order valence-corrected chi connectivity index (χ2v) is 8.06. The lowest BCUT2D eigenvalue weighted by Gasteiger charge is -2.55. The van der Waals surface area contributed by atoms with Crippen molar-refractivity contribution < 1.29 is 0 Å². The molecule has 0 N–H and O–H groups in total. The molecule has 1 heterocycles. The summed E-state index contributed by atoms with van der Waals surface area (Å²) in [7, 11) is 1.20. The molecule has 0 atom stereocenters. The first-order valence-electron chi connectivity index (χ1n) is 7.57. The fraction of sp³-hybridized carbons (Fsp3) is 0.765. The summed E-state index contributed by atoms with van der Waals surface area (Å²) in [4.78, 5) is 2.63. The molecule has 0 aromatic carbocycles. The molecule has 0 bridgehead atoms. The first-order chi connectivity index (χ1) is 8.42. The summed E-state index contributed by atoms with van der Waals surface area (Å²) in [5, 5.41) is 0.250. The van der Waals surface area contributed by atoms with E-state index in [1.165, 1.54) is 24.1 Å². The van der Waals surface area contributed by atoms with Crippen LogP contribution in [0.25, 0.3) is 0 Å². The van der Waals surface area contributed by atoms with Gasteiger partial charge in [-0.3, -0.25) is 0 Å². The smallest absolute Gasteiger partial charge is 0.164 e. The van der Waals surface area contributed by atoms with Gasteiger partial charge >= 0.3 is 0 Å². The van der Waals surface area contributed by atoms with E-state index in [4.69, 9.17) is 0 Å². The molecule has 1 aliphatic heterocycles. The van der Waals surface area contributed by atoms with Crippen LogP contribution in [-0.4, -0.2) is 23.7 Å². The van der Waals surface area contributed by atoms with Gasteiger partial charge in [0, 0.05) is 17.2 Å². The molecule has 2 heteroatoms. The fourth-order valence-electron chi connectivity index (χ4n) is 4.36. The molecular weight excluding hydrogens is 229 g/mol. The monoisotopic (exact) mass is 261 g/mol. The third-order valence-electron chi connectivity index (χ3n) is 4.17. The maximum Gasteiger partial charge on any atom is 0.164 e. The lowest BCUT2D eigenvalue weighted by molar-refractivity contribution is 0.182. The van der Waals surface area contributed by atoms with Crippen LogP contribution < -0.4 is 0 Å². The van der Waals surface area contributed by atoms with Crippen LogP contribution >= 0.6 is 0 Å². The van der Waals surface area contributed by atoms with Crippen LogP contribution in [0.1, 0.15) is 69.2 Å².